The van der Waals surface area contributed by atoms with Crippen LogP contribution in [0.15, 0.2) is 36.4 Å². The van der Waals surface area contributed by atoms with Gasteiger partial charge in [-0.2, -0.15) is 0 Å². The van der Waals surface area contributed by atoms with Crippen molar-refractivity contribution in [2.24, 2.45) is 0 Å². The average Bonchev–Trinajstić information content (AvgIpc) is 2.71. The lowest BCUT2D eigenvalue weighted by molar-refractivity contribution is 0.589. The summed E-state index contributed by atoms with van der Waals surface area (Å²) in [5.41, 5.74) is 11.7. The Morgan fingerprint density at radius 3 is 2.66 bits per heavy atom. The molecule has 0 saturated carbocycles. The van der Waals surface area contributed by atoms with Crippen LogP contribution in [0.25, 0.3) is 10.9 Å². The molecule has 2 aromatic carbocycles. The van der Waals surface area contributed by atoms with Crippen LogP contribution in [0.5, 0.6) is 0 Å². The van der Waals surface area contributed by atoms with E-state index in [0.29, 0.717) is 16.8 Å². The van der Waals surface area contributed by atoms with Crippen LogP contribution in [-0.4, -0.2) is 31.2 Å². The zero-order chi connectivity index (χ0) is 20.5. The normalized spacial score (nSPS) is 15.5. The van der Waals surface area contributed by atoms with E-state index in [2.05, 4.69) is 38.7 Å². The quantitative estimate of drug-likeness (QED) is 0.581. The fraction of sp³-hybridized carbons (Fsp3) is 0.348. The van der Waals surface area contributed by atoms with Crippen molar-refractivity contribution in [3.8, 4) is 0 Å². The second-order valence-electron chi connectivity index (χ2n) is 7.86. The Labute approximate surface area is 171 Å². The summed E-state index contributed by atoms with van der Waals surface area (Å²) in [4.78, 5) is 7.06. The molecule has 1 fully saturated rings. The Morgan fingerprint density at radius 2 is 1.90 bits per heavy atom. The van der Waals surface area contributed by atoms with Gasteiger partial charge >= 0.3 is 0 Å². The van der Waals surface area contributed by atoms with Crippen molar-refractivity contribution in [2.75, 3.05) is 42.1 Å². The topological polar surface area (TPSA) is 66.2 Å². The number of nitrogens with one attached hydrogen (secondary N) is 2. The molecule has 4 rings (SSSR count). The van der Waals surface area contributed by atoms with E-state index in [1.54, 1.807) is 19.1 Å². The molecule has 1 aromatic heterocycles. The van der Waals surface area contributed by atoms with E-state index in [1.165, 1.54) is 5.69 Å². The predicted molar refractivity (Wildman–Crippen MR) is 119 cm³/mol. The van der Waals surface area contributed by atoms with Crippen LogP contribution in [0, 0.1) is 19.7 Å². The van der Waals surface area contributed by atoms with Crippen molar-refractivity contribution in [1.29, 1.82) is 0 Å². The Kier molecular flexibility index (Phi) is 5.28. The smallest absolute Gasteiger partial charge is 0.131 e. The number of nitrogens with two attached hydrogens (primary N) is 1. The Hall–Kier alpha value is -2.86. The van der Waals surface area contributed by atoms with Crippen LogP contribution < -0.4 is 21.3 Å². The highest BCUT2D eigenvalue weighted by Gasteiger charge is 2.17. The minimum atomic E-state index is -0.231. The van der Waals surface area contributed by atoms with Crippen molar-refractivity contribution in [3.05, 3.63) is 59.0 Å². The van der Waals surface area contributed by atoms with Gasteiger partial charge in [-0.3, -0.25) is 4.98 Å². The van der Waals surface area contributed by atoms with Gasteiger partial charge in [-0.1, -0.05) is 0 Å². The van der Waals surface area contributed by atoms with Crippen molar-refractivity contribution in [3.63, 3.8) is 0 Å². The van der Waals surface area contributed by atoms with Gasteiger partial charge in [0.15, 0.2) is 0 Å². The van der Waals surface area contributed by atoms with E-state index in [0.717, 1.165) is 48.5 Å². The summed E-state index contributed by atoms with van der Waals surface area (Å²) in [6, 6.07) is 11.6. The van der Waals surface area contributed by atoms with Gasteiger partial charge in [0.1, 0.15) is 5.82 Å². The molecule has 152 valence electrons. The Morgan fingerprint density at radius 1 is 1.14 bits per heavy atom. The van der Waals surface area contributed by atoms with Crippen LogP contribution >= 0.6 is 0 Å². The fourth-order valence-corrected chi connectivity index (χ4v) is 4.04. The molecule has 0 bridgehead atoms. The van der Waals surface area contributed by atoms with Crippen LogP contribution in [0.2, 0.25) is 0 Å². The molecule has 3 aromatic rings. The Bertz CT molecular complexity index is 1040. The number of halogens is 1. The molecular formula is C23H28FN5. The molecule has 4 N–H and O–H groups in total. The van der Waals surface area contributed by atoms with Crippen molar-refractivity contribution in [1.82, 2.24) is 10.3 Å². The molecule has 1 unspecified atom stereocenters. The third kappa shape index (κ3) is 3.98. The van der Waals surface area contributed by atoms with Crippen molar-refractivity contribution < 1.29 is 4.39 Å². The van der Waals surface area contributed by atoms with Crippen LogP contribution in [0.3, 0.4) is 0 Å². The van der Waals surface area contributed by atoms with Crippen molar-refractivity contribution >= 4 is 28.0 Å². The number of nitrogen functional groups attached to an aromatic ring is 1. The molecule has 1 aliphatic heterocycles. The minimum Gasteiger partial charge on any atom is -0.399 e. The highest BCUT2D eigenvalue weighted by molar-refractivity contribution is 5.94. The lowest BCUT2D eigenvalue weighted by atomic mass is 10.0. The molecule has 1 aliphatic rings. The molecular weight excluding hydrogens is 365 g/mol. The van der Waals surface area contributed by atoms with Gasteiger partial charge in [0.2, 0.25) is 0 Å². The number of hydrogen-bond acceptors (Lipinski definition) is 5. The van der Waals surface area contributed by atoms with E-state index in [1.807, 2.05) is 19.9 Å². The fourth-order valence-electron chi connectivity index (χ4n) is 4.04. The number of aryl methyl sites for hydroxylation is 2. The lowest BCUT2D eigenvalue weighted by Crippen LogP contribution is -2.43. The van der Waals surface area contributed by atoms with Crippen molar-refractivity contribution in [2.45, 2.75) is 26.8 Å². The van der Waals surface area contributed by atoms with E-state index in [4.69, 9.17) is 5.73 Å². The number of benzene rings is 2. The molecule has 2 heterocycles. The maximum Gasteiger partial charge on any atom is 0.131 e. The zero-order valence-electron chi connectivity index (χ0n) is 17.2. The van der Waals surface area contributed by atoms with Gasteiger partial charge in [-0.25, -0.2) is 4.39 Å². The minimum absolute atomic E-state index is 0.212. The van der Waals surface area contributed by atoms with Gasteiger partial charge < -0.3 is 21.3 Å². The average molecular weight is 394 g/mol. The molecule has 5 nitrogen and oxygen atoms in total. The second-order valence-corrected chi connectivity index (χ2v) is 7.86. The standard InChI is InChI=1S/C23H28FN5/c1-14-10-17(25)12-19(23(14)24)16(3)28-22-11-15(2)27-21-5-4-18(13-20(21)22)29-8-6-26-7-9-29/h4-5,10-13,16,26H,6-9,25H2,1-3H3,(H,27,28). The molecule has 1 saturated heterocycles. The van der Waals surface area contributed by atoms with E-state index >= 15 is 0 Å². The van der Waals surface area contributed by atoms with E-state index < -0.39 is 0 Å². The zero-order valence-corrected chi connectivity index (χ0v) is 17.2. The van der Waals surface area contributed by atoms with E-state index in [-0.39, 0.29) is 11.9 Å². The Balaban J connectivity index is 1.72. The molecule has 29 heavy (non-hydrogen) atoms. The summed E-state index contributed by atoms with van der Waals surface area (Å²) in [7, 11) is 0. The number of aromatic nitrogens is 1. The summed E-state index contributed by atoms with van der Waals surface area (Å²) in [5, 5.41) is 7.93. The first-order valence-corrected chi connectivity index (χ1v) is 10.1. The number of pyridine rings is 1. The van der Waals surface area contributed by atoms with Gasteiger partial charge in [-0.05, 0) is 62.7 Å². The summed E-state index contributed by atoms with van der Waals surface area (Å²) < 4.78 is 14.7. The highest BCUT2D eigenvalue weighted by Crippen LogP contribution is 2.32. The predicted octanol–water partition coefficient (Wildman–Crippen LogP) is 4.16. The first-order valence-electron chi connectivity index (χ1n) is 10.1. The summed E-state index contributed by atoms with van der Waals surface area (Å²) in [6.45, 7) is 9.62. The number of anilines is 3. The van der Waals surface area contributed by atoms with Gasteiger partial charge in [0.05, 0.1) is 11.6 Å². The maximum absolute atomic E-state index is 14.7. The van der Waals surface area contributed by atoms with Gasteiger partial charge in [-0.15, -0.1) is 0 Å². The largest absolute Gasteiger partial charge is 0.399 e. The number of nitrogens with zero attached hydrogens (tertiary/aromatic N) is 2. The highest BCUT2D eigenvalue weighted by atomic mass is 19.1. The molecule has 1 atom stereocenters. The number of piperazine rings is 1. The third-order valence-corrected chi connectivity index (χ3v) is 5.55. The first-order chi connectivity index (χ1) is 13.9. The number of fused-ring (bicyclic) bond motifs is 1. The SMILES string of the molecule is Cc1cc(NC(C)c2cc(N)cc(C)c2F)c2cc(N3CCNCC3)ccc2n1. The molecule has 0 aliphatic carbocycles. The second kappa shape index (κ2) is 7.87. The molecule has 6 heteroatoms. The van der Waals surface area contributed by atoms with Crippen LogP contribution in [0.4, 0.5) is 21.5 Å². The number of rotatable bonds is 4. The molecule has 0 spiro atoms. The summed E-state index contributed by atoms with van der Waals surface area (Å²) in [5.74, 6) is -0.212. The lowest BCUT2D eigenvalue weighted by Gasteiger charge is -2.30. The molecule has 0 amide bonds. The maximum atomic E-state index is 14.7. The first kappa shape index (κ1) is 19.5. The van der Waals surface area contributed by atoms with Crippen LogP contribution in [-0.2, 0) is 0 Å². The van der Waals surface area contributed by atoms with Gasteiger partial charge in [0.25, 0.3) is 0 Å². The monoisotopic (exact) mass is 393 g/mol. The number of hydrogen-bond donors (Lipinski definition) is 3. The summed E-state index contributed by atoms with van der Waals surface area (Å²) >= 11 is 0. The van der Waals surface area contributed by atoms with Gasteiger partial charge in [0, 0.05) is 59.9 Å². The summed E-state index contributed by atoms with van der Waals surface area (Å²) in [6.07, 6.45) is 0. The van der Waals surface area contributed by atoms with Crippen LogP contribution in [0.1, 0.15) is 29.8 Å². The third-order valence-electron chi connectivity index (χ3n) is 5.55. The molecule has 0 radical (unpaired) electrons. The van der Waals surface area contributed by atoms with E-state index in [9.17, 15) is 4.39 Å².